The van der Waals surface area contributed by atoms with Gasteiger partial charge in [-0.25, -0.2) is 4.68 Å². The van der Waals surface area contributed by atoms with Gasteiger partial charge in [-0.1, -0.05) is 30.3 Å². The van der Waals surface area contributed by atoms with Crippen LogP contribution >= 0.6 is 11.3 Å². The van der Waals surface area contributed by atoms with E-state index in [1.165, 1.54) is 29.7 Å². The average Bonchev–Trinajstić information content (AvgIpc) is 3.20. The molecular formula is C15H12N4O3S. The highest BCUT2D eigenvalue weighted by molar-refractivity contribution is 7.07. The van der Waals surface area contributed by atoms with E-state index in [4.69, 9.17) is 4.42 Å². The maximum atomic E-state index is 10.6. The number of aromatic nitrogens is 1. The van der Waals surface area contributed by atoms with E-state index in [1.54, 1.807) is 11.7 Å². The van der Waals surface area contributed by atoms with Gasteiger partial charge in [-0.15, -0.1) is 11.3 Å². The molecule has 2 aromatic heterocycles. The quantitative estimate of drug-likeness (QED) is 0.419. The third-order valence-electron chi connectivity index (χ3n) is 3.04. The summed E-state index contributed by atoms with van der Waals surface area (Å²) >= 11 is 1.46. The number of benzene rings is 1. The van der Waals surface area contributed by atoms with Crippen molar-refractivity contribution in [1.82, 2.24) is 4.68 Å². The van der Waals surface area contributed by atoms with Crippen molar-refractivity contribution in [3.8, 4) is 11.3 Å². The van der Waals surface area contributed by atoms with Crippen molar-refractivity contribution in [2.45, 2.75) is 0 Å². The molecule has 116 valence electrons. The largest absolute Gasteiger partial charge is 0.433 e. The summed E-state index contributed by atoms with van der Waals surface area (Å²) in [4.78, 5) is 15.0. The molecule has 0 N–H and O–H groups in total. The third-order valence-corrected chi connectivity index (χ3v) is 3.95. The van der Waals surface area contributed by atoms with E-state index in [9.17, 15) is 10.1 Å². The summed E-state index contributed by atoms with van der Waals surface area (Å²) in [5, 5.41) is 16.9. The molecule has 0 saturated heterocycles. The molecule has 8 heteroatoms. The van der Waals surface area contributed by atoms with E-state index < -0.39 is 4.92 Å². The normalized spacial score (nSPS) is 12.1. The van der Waals surface area contributed by atoms with E-state index in [0.29, 0.717) is 10.6 Å². The van der Waals surface area contributed by atoms with E-state index in [1.807, 2.05) is 35.7 Å². The Labute approximate surface area is 135 Å². The molecule has 2 heterocycles. The van der Waals surface area contributed by atoms with Gasteiger partial charge in [0.1, 0.15) is 4.92 Å². The standard InChI is InChI=1S/C15H12N4O3S/c1-16-15-18(13(10-23-15)11-5-3-2-4-6-11)17-9-12-7-8-14(22-12)19(20)21/h2-10H,1H3/b16-15?,17-9+. The fourth-order valence-electron chi connectivity index (χ4n) is 1.99. The molecule has 0 spiro atoms. The molecule has 1 aromatic carbocycles. The van der Waals surface area contributed by atoms with Gasteiger partial charge in [0.2, 0.25) is 4.80 Å². The minimum Gasteiger partial charge on any atom is -0.400 e. The van der Waals surface area contributed by atoms with Gasteiger partial charge in [-0.05, 0) is 6.07 Å². The fourth-order valence-corrected chi connectivity index (χ4v) is 2.80. The van der Waals surface area contributed by atoms with E-state index >= 15 is 0 Å². The molecule has 0 saturated carbocycles. The molecule has 7 nitrogen and oxygen atoms in total. The molecular weight excluding hydrogens is 316 g/mol. The van der Waals surface area contributed by atoms with Gasteiger partial charge in [-0.2, -0.15) is 5.10 Å². The lowest BCUT2D eigenvalue weighted by atomic mass is 10.2. The Bertz CT molecular complexity index is 922. The van der Waals surface area contributed by atoms with Gasteiger partial charge in [0, 0.05) is 18.0 Å². The van der Waals surface area contributed by atoms with Crippen molar-refractivity contribution < 1.29 is 9.34 Å². The van der Waals surface area contributed by atoms with E-state index in [2.05, 4.69) is 10.1 Å². The van der Waals surface area contributed by atoms with Crippen LogP contribution in [-0.2, 0) is 0 Å². The van der Waals surface area contributed by atoms with Crippen molar-refractivity contribution in [3.05, 3.63) is 68.5 Å². The number of hydrogen-bond acceptors (Lipinski definition) is 6. The molecule has 0 amide bonds. The second-order valence-corrected chi connectivity index (χ2v) is 5.32. The Morgan fingerprint density at radius 2 is 2.04 bits per heavy atom. The van der Waals surface area contributed by atoms with Crippen LogP contribution in [0.5, 0.6) is 0 Å². The highest BCUT2D eigenvalue weighted by atomic mass is 32.1. The van der Waals surface area contributed by atoms with Crippen LogP contribution in [0.25, 0.3) is 11.3 Å². The Morgan fingerprint density at radius 1 is 1.26 bits per heavy atom. The summed E-state index contributed by atoms with van der Waals surface area (Å²) in [5.41, 5.74) is 1.88. The Balaban J connectivity index is 2.00. The number of nitrogens with zero attached hydrogens (tertiary/aromatic N) is 4. The molecule has 0 radical (unpaired) electrons. The zero-order chi connectivity index (χ0) is 16.2. The first kappa shape index (κ1) is 14.9. The molecule has 3 rings (SSSR count). The predicted octanol–water partition coefficient (Wildman–Crippen LogP) is 3.13. The maximum absolute atomic E-state index is 10.6. The van der Waals surface area contributed by atoms with Crippen LogP contribution in [0.3, 0.4) is 0 Å². The van der Waals surface area contributed by atoms with Gasteiger partial charge in [0.15, 0.2) is 5.76 Å². The molecule has 0 fully saturated rings. The van der Waals surface area contributed by atoms with Crippen LogP contribution in [0.1, 0.15) is 5.76 Å². The molecule has 0 atom stereocenters. The van der Waals surface area contributed by atoms with Crippen molar-refractivity contribution in [2.24, 2.45) is 10.1 Å². The Kier molecular flexibility index (Phi) is 4.15. The highest BCUT2D eigenvalue weighted by Crippen LogP contribution is 2.20. The minimum atomic E-state index is -0.586. The fraction of sp³-hybridized carbons (Fsp3) is 0.0667. The molecule has 0 aliphatic heterocycles. The monoisotopic (exact) mass is 328 g/mol. The number of hydrogen-bond donors (Lipinski definition) is 0. The number of thiazole rings is 1. The average molecular weight is 328 g/mol. The van der Waals surface area contributed by atoms with Crippen LogP contribution < -0.4 is 4.80 Å². The van der Waals surface area contributed by atoms with Crippen LogP contribution in [-0.4, -0.2) is 22.9 Å². The second kappa shape index (κ2) is 6.41. The van der Waals surface area contributed by atoms with Gasteiger partial charge < -0.3 is 4.42 Å². The van der Waals surface area contributed by atoms with Crippen LogP contribution in [0.4, 0.5) is 5.88 Å². The van der Waals surface area contributed by atoms with E-state index in [-0.39, 0.29) is 5.88 Å². The summed E-state index contributed by atoms with van der Waals surface area (Å²) in [6.07, 6.45) is 1.43. The SMILES string of the molecule is CN=c1scc(-c2ccccc2)n1/N=C/c1ccc([N+](=O)[O-])o1. The number of nitro groups is 1. The zero-order valence-corrected chi connectivity index (χ0v) is 12.9. The van der Waals surface area contributed by atoms with Gasteiger partial charge in [0.05, 0.1) is 18.0 Å². The van der Waals surface area contributed by atoms with Crippen molar-refractivity contribution >= 4 is 23.4 Å². The van der Waals surface area contributed by atoms with Gasteiger partial charge >= 0.3 is 5.88 Å². The summed E-state index contributed by atoms with van der Waals surface area (Å²) in [6.45, 7) is 0. The van der Waals surface area contributed by atoms with Crippen molar-refractivity contribution in [1.29, 1.82) is 0 Å². The summed E-state index contributed by atoms with van der Waals surface area (Å²) < 4.78 is 6.75. The van der Waals surface area contributed by atoms with Crippen molar-refractivity contribution in [3.63, 3.8) is 0 Å². The van der Waals surface area contributed by atoms with Crippen LogP contribution in [0.15, 0.2) is 62.4 Å². The minimum absolute atomic E-state index is 0.302. The number of furan rings is 1. The first-order valence-electron chi connectivity index (χ1n) is 6.66. The molecule has 23 heavy (non-hydrogen) atoms. The lowest BCUT2D eigenvalue weighted by Crippen LogP contribution is -2.11. The first-order valence-corrected chi connectivity index (χ1v) is 7.54. The maximum Gasteiger partial charge on any atom is 0.433 e. The lowest BCUT2D eigenvalue weighted by molar-refractivity contribution is -0.402. The smallest absolute Gasteiger partial charge is 0.400 e. The van der Waals surface area contributed by atoms with Crippen molar-refractivity contribution in [2.75, 3.05) is 7.05 Å². The summed E-state index contributed by atoms with van der Waals surface area (Å²) in [5.74, 6) is -0.0121. The van der Waals surface area contributed by atoms with Gasteiger partial charge in [-0.3, -0.25) is 15.1 Å². The zero-order valence-electron chi connectivity index (χ0n) is 12.1. The number of rotatable bonds is 4. The lowest BCUT2D eigenvalue weighted by Gasteiger charge is -2.02. The summed E-state index contributed by atoms with van der Waals surface area (Å²) in [6, 6.07) is 12.6. The molecule has 0 aliphatic rings. The van der Waals surface area contributed by atoms with Gasteiger partial charge in [0.25, 0.3) is 0 Å². The topological polar surface area (TPSA) is 85.9 Å². The van der Waals surface area contributed by atoms with Crippen LogP contribution in [0, 0.1) is 10.1 Å². The first-order chi connectivity index (χ1) is 11.2. The Hall–Kier alpha value is -3.00. The summed E-state index contributed by atoms with van der Waals surface area (Å²) in [7, 11) is 1.68. The third kappa shape index (κ3) is 3.11. The molecule has 0 aliphatic carbocycles. The second-order valence-electron chi connectivity index (χ2n) is 4.48. The van der Waals surface area contributed by atoms with E-state index in [0.717, 1.165) is 11.3 Å². The van der Waals surface area contributed by atoms with Crippen LogP contribution in [0.2, 0.25) is 0 Å². The Morgan fingerprint density at radius 3 is 2.70 bits per heavy atom. The molecule has 3 aromatic rings. The highest BCUT2D eigenvalue weighted by Gasteiger charge is 2.11. The predicted molar refractivity (Wildman–Crippen MR) is 87.6 cm³/mol. The molecule has 0 unspecified atom stereocenters. The molecule has 0 bridgehead atoms.